The minimum absolute atomic E-state index is 0.222. The van der Waals surface area contributed by atoms with Gasteiger partial charge in [-0.15, -0.1) is 11.3 Å². The zero-order valence-electron chi connectivity index (χ0n) is 17.4. The van der Waals surface area contributed by atoms with Gasteiger partial charge in [-0.2, -0.15) is 0 Å². The number of hydrogen-bond donors (Lipinski definition) is 1. The van der Waals surface area contributed by atoms with Crippen LogP contribution in [-0.4, -0.2) is 10.9 Å². The third-order valence-corrected chi connectivity index (χ3v) is 6.10. The van der Waals surface area contributed by atoms with Gasteiger partial charge in [-0.25, -0.2) is 4.98 Å². The Labute approximate surface area is 190 Å². The summed E-state index contributed by atoms with van der Waals surface area (Å²) in [5.41, 5.74) is 4.44. The average Bonchev–Trinajstić information content (AvgIpc) is 3.24. The van der Waals surface area contributed by atoms with E-state index in [1.54, 1.807) is 23.5 Å². The van der Waals surface area contributed by atoms with Crippen LogP contribution in [0.5, 0.6) is 11.5 Å². The predicted molar refractivity (Wildman–Crippen MR) is 131 cm³/mol. The fourth-order valence-corrected chi connectivity index (χ4v) is 4.48. The summed E-state index contributed by atoms with van der Waals surface area (Å²) in [6.45, 7) is 2.08. The molecule has 0 spiro atoms. The molecule has 5 rings (SSSR count). The molecule has 0 atom stereocenters. The van der Waals surface area contributed by atoms with Crippen molar-refractivity contribution in [2.75, 3.05) is 5.32 Å². The number of aromatic nitrogens is 1. The highest BCUT2D eigenvalue weighted by Gasteiger charge is 2.14. The molecule has 156 valence electrons. The van der Waals surface area contributed by atoms with Gasteiger partial charge in [0.1, 0.15) is 16.5 Å². The van der Waals surface area contributed by atoms with Crippen LogP contribution >= 0.6 is 11.3 Å². The molecule has 4 nitrogen and oxygen atoms in total. The molecule has 0 radical (unpaired) electrons. The van der Waals surface area contributed by atoms with Crippen molar-refractivity contribution in [3.05, 3.63) is 108 Å². The molecule has 5 aromatic rings. The molecule has 0 fully saturated rings. The summed E-state index contributed by atoms with van der Waals surface area (Å²) in [6.07, 6.45) is 0. The second-order valence-corrected chi connectivity index (χ2v) is 8.46. The molecule has 4 aromatic carbocycles. The van der Waals surface area contributed by atoms with Crippen molar-refractivity contribution >= 4 is 33.1 Å². The van der Waals surface area contributed by atoms with Gasteiger partial charge in [0.15, 0.2) is 0 Å². The molecule has 1 N–H and O–H groups in total. The van der Waals surface area contributed by atoms with Gasteiger partial charge in [-0.3, -0.25) is 4.79 Å². The van der Waals surface area contributed by atoms with Crippen LogP contribution < -0.4 is 10.1 Å². The highest BCUT2D eigenvalue weighted by atomic mass is 32.1. The Hall–Kier alpha value is -3.96. The van der Waals surface area contributed by atoms with Crippen LogP contribution in [0.3, 0.4) is 0 Å². The number of thiazole rings is 1. The van der Waals surface area contributed by atoms with Crippen molar-refractivity contribution in [1.29, 1.82) is 0 Å². The normalized spacial score (nSPS) is 10.8. The van der Waals surface area contributed by atoms with E-state index in [2.05, 4.69) is 24.4 Å². The SMILES string of the molecule is Cc1ccc2nc(-c3ccc(NC(=O)c4ccccc4Oc4ccccc4)cc3)sc2c1. The number of nitrogens with one attached hydrogen (secondary N) is 1. The number of benzene rings is 4. The standard InChI is InChI=1S/C27H20N2O2S/c1-18-11-16-23-25(17-18)32-27(29-23)19-12-14-20(15-13-19)28-26(30)22-9-5-6-10-24(22)31-21-7-3-2-4-8-21/h2-17H,1H3,(H,28,30). The molecule has 0 aliphatic heterocycles. The molecule has 0 saturated carbocycles. The maximum Gasteiger partial charge on any atom is 0.259 e. The van der Waals surface area contributed by atoms with E-state index in [-0.39, 0.29) is 5.91 Å². The molecule has 0 aliphatic carbocycles. The Bertz CT molecular complexity index is 1390. The number of carbonyl (C=O) groups is 1. The van der Waals surface area contributed by atoms with Crippen molar-refractivity contribution in [2.24, 2.45) is 0 Å². The van der Waals surface area contributed by atoms with Gasteiger partial charge in [0, 0.05) is 11.3 Å². The topological polar surface area (TPSA) is 51.2 Å². The average molecular weight is 437 g/mol. The van der Waals surface area contributed by atoms with Crippen molar-refractivity contribution in [3.63, 3.8) is 0 Å². The first-order chi connectivity index (χ1) is 15.7. The van der Waals surface area contributed by atoms with Gasteiger partial charge in [-0.1, -0.05) is 36.4 Å². The lowest BCUT2D eigenvalue weighted by Crippen LogP contribution is -2.12. The van der Waals surface area contributed by atoms with E-state index in [9.17, 15) is 4.79 Å². The quantitative estimate of drug-likeness (QED) is 0.314. The fourth-order valence-electron chi connectivity index (χ4n) is 3.41. The number of carbonyl (C=O) groups excluding carboxylic acids is 1. The number of ether oxygens (including phenoxy) is 1. The van der Waals surface area contributed by atoms with Gasteiger partial charge in [-0.05, 0) is 73.2 Å². The number of nitrogens with zero attached hydrogens (tertiary/aromatic N) is 1. The number of fused-ring (bicyclic) bond motifs is 1. The number of anilines is 1. The van der Waals surface area contributed by atoms with Gasteiger partial charge in [0.05, 0.1) is 15.8 Å². The minimum Gasteiger partial charge on any atom is -0.457 e. The maximum absolute atomic E-state index is 12.9. The molecule has 0 unspecified atom stereocenters. The Balaban J connectivity index is 1.34. The van der Waals surface area contributed by atoms with Gasteiger partial charge < -0.3 is 10.1 Å². The van der Waals surface area contributed by atoms with E-state index >= 15 is 0 Å². The highest BCUT2D eigenvalue weighted by molar-refractivity contribution is 7.21. The Morgan fingerprint density at radius 3 is 2.44 bits per heavy atom. The van der Waals surface area contributed by atoms with Gasteiger partial charge >= 0.3 is 0 Å². The van der Waals surface area contributed by atoms with Crippen LogP contribution in [0.2, 0.25) is 0 Å². The Morgan fingerprint density at radius 1 is 0.875 bits per heavy atom. The molecular formula is C27H20N2O2S. The van der Waals surface area contributed by atoms with Crippen molar-refractivity contribution < 1.29 is 9.53 Å². The number of amides is 1. The van der Waals surface area contributed by atoms with Crippen molar-refractivity contribution in [3.8, 4) is 22.1 Å². The molecule has 1 amide bonds. The second kappa shape index (κ2) is 8.65. The zero-order valence-corrected chi connectivity index (χ0v) is 18.2. The predicted octanol–water partition coefficient (Wildman–Crippen LogP) is 7.32. The monoisotopic (exact) mass is 436 g/mol. The van der Waals surface area contributed by atoms with Crippen LogP contribution in [0, 0.1) is 6.92 Å². The molecular weight excluding hydrogens is 416 g/mol. The van der Waals surface area contributed by atoms with Crippen LogP contribution in [0.1, 0.15) is 15.9 Å². The number of aryl methyl sites for hydroxylation is 1. The minimum atomic E-state index is -0.222. The smallest absolute Gasteiger partial charge is 0.259 e. The summed E-state index contributed by atoms with van der Waals surface area (Å²) < 4.78 is 7.09. The summed E-state index contributed by atoms with van der Waals surface area (Å²) in [7, 11) is 0. The van der Waals surface area contributed by atoms with Gasteiger partial charge in [0.2, 0.25) is 0 Å². The van der Waals surface area contributed by atoms with Crippen LogP contribution in [-0.2, 0) is 0 Å². The van der Waals surface area contributed by atoms with E-state index < -0.39 is 0 Å². The largest absolute Gasteiger partial charge is 0.457 e. The summed E-state index contributed by atoms with van der Waals surface area (Å²) in [5, 5.41) is 3.92. The third-order valence-electron chi connectivity index (χ3n) is 5.04. The van der Waals surface area contributed by atoms with E-state index in [1.807, 2.05) is 72.8 Å². The molecule has 1 heterocycles. The summed E-state index contributed by atoms with van der Waals surface area (Å²) in [6, 6.07) is 30.7. The molecule has 0 saturated heterocycles. The molecule has 0 bridgehead atoms. The highest BCUT2D eigenvalue weighted by Crippen LogP contribution is 2.31. The van der Waals surface area contributed by atoms with E-state index in [0.29, 0.717) is 22.7 Å². The molecule has 0 aliphatic rings. The maximum atomic E-state index is 12.9. The summed E-state index contributed by atoms with van der Waals surface area (Å²) >= 11 is 1.67. The number of rotatable bonds is 5. The number of para-hydroxylation sites is 2. The summed E-state index contributed by atoms with van der Waals surface area (Å²) in [4.78, 5) is 17.7. The molecule has 5 heteroatoms. The first-order valence-corrected chi connectivity index (χ1v) is 11.1. The first kappa shape index (κ1) is 20.0. The van der Waals surface area contributed by atoms with Crippen molar-refractivity contribution in [2.45, 2.75) is 6.92 Å². The second-order valence-electron chi connectivity index (χ2n) is 7.43. The van der Waals surface area contributed by atoms with Gasteiger partial charge in [0.25, 0.3) is 5.91 Å². The lowest BCUT2D eigenvalue weighted by molar-refractivity contribution is 0.102. The fraction of sp³-hybridized carbons (Fsp3) is 0.0370. The lowest BCUT2D eigenvalue weighted by Gasteiger charge is -2.11. The van der Waals surface area contributed by atoms with E-state index in [1.165, 1.54) is 10.3 Å². The summed E-state index contributed by atoms with van der Waals surface area (Å²) in [5.74, 6) is 0.973. The van der Waals surface area contributed by atoms with Crippen LogP contribution in [0.15, 0.2) is 97.1 Å². The molecule has 1 aromatic heterocycles. The Morgan fingerprint density at radius 2 is 1.62 bits per heavy atom. The third kappa shape index (κ3) is 4.24. The van der Waals surface area contributed by atoms with E-state index in [0.717, 1.165) is 16.1 Å². The van der Waals surface area contributed by atoms with Crippen molar-refractivity contribution in [1.82, 2.24) is 4.98 Å². The Kier molecular flexibility index (Phi) is 5.40. The zero-order chi connectivity index (χ0) is 21.9. The lowest BCUT2D eigenvalue weighted by atomic mass is 10.1. The van der Waals surface area contributed by atoms with Crippen LogP contribution in [0.4, 0.5) is 5.69 Å². The molecule has 32 heavy (non-hydrogen) atoms. The van der Waals surface area contributed by atoms with E-state index in [4.69, 9.17) is 9.72 Å². The number of hydrogen-bond acceptors (Lipinski definition) is 4. The first-order valence-electron chi connectivity index (χ1n) is 10.3. The van der Waals surface area contributed by atoms with Crippen LogP contribution in [0.25, 0.3) is 20.8 Å².